The van der Waals surface area contributed by atoms with E-state index in [0.717, 1.165) is 6.42 Å². The lowest BCUT2D eigenvalue weighted by Gasteiger charge is -2.29. The molecule has 0 heterocycles. The average molecular weight is 305 g/mol. The van der Waals surface area contributed by atoms with Crippen LogP contribution in [-0.4, -0.2) is 59.7 Å². The van der Waals surface area contributed by atoms with Crippen LogP contribution in [0, 0.1) is 5.92 Å². The lowest BCUT2D eigenvalue weighted by molar-refractivity contribution is -0.0460. The number of aliphatic hydroxyl groups excluding tert-OH is 1. The standard InChI is InChI=1S/C15H31NO3S/c1-12-6-4-5-7-14(12)19-9-13(17)8-16-10-15(2,18)11-20-3/h12-14,16-18H,4-11H2,1-3H3. The first-order valence-electron chi connectivity index (χ1n) is 7.66. The molecule has 4 unspecified atom stereocenters. The molecule has 0 aromatic carbocycles. The normalized spacial score (nSPS) is 28.1. The molecule has 4 nitrogen and oxygen atoms in total. The van der Waals surface area contributed by atoms with Gasteiger partial charge in [-0.25, -0.2) is 0 Å². The molecule has 1 rings (SSSR count). The first kappa shape index (κ1) is 18.2. The second-order valence-electron chi connectivity index (χ2n) is 6.35. The van der Waals surface area contributed by atoms with Gasteiger partial charge in [-0.2, -0.15) is 11.8 Å². The summed E-state index contributed by atoms with van der Waals surface area (Å²) in [7, 11) is 0. The maximum atomic E-state index is 10.00. The van der Waals surface area contributed by atoms with Crippen molar-refractivity contribution < 1.29 is 14.9 Å². The molecule has 1 aliphatic rings. The van der Waals surface area contributed by atoms with Crippen LogP contribution < -0.4 is 5.32 Å². The molecule has 0 saturated heterocycles. The molecule has 0 bridgehead atoms. The Morgan fingerprint density at radius 3 is 2.75 bits per heavy atom. The summed E-state index contributed by atoms with van der Waals surface area (Å²) in [4.78, 5) is 0. The highest BCUT2D eigenvalue weighted by Gasteiger charge is 2.23. The van der Waals surface area contributed by atoms with E-state index >= 15 is 0 Å². The van der Waals surface area contributed by atoms with Gasteiger partial charge in [-0.05, 0) is 31.9 Å². The van der Waals surface area contributed by atoms with Crippen LogP contribution in [0.3, 0.4) is 0 Å². The summed E-state index contributed by atoms with van der Waals surface area (Å²) < 4.78 is 5.83. The first-order valence-corrected chi connectivity index (χ1v) is 9.05. The van der Waals surface area contributed by atoms with Crippen molar-refractivity contribution in [2.24, 2.45) is 5.92 Å². The van der Waals surface area contributed by atoms with Gasteiger partial charge in [0.1, 0.15) is 0 Å². The monoisotopic (exact) mass is 305 g/mol. The number of aliphatic hydroxyl groups is 2. The minimum Gasteiger partial charge on any atom is -0.389 e. The summed E-state index contributed by atoms with van der Waals surface area (Å²) in [5, 5.41) is 23.0. The van der Waals surface area contributed by atoms with Crippen molar-refractivity contribution in [2.45, 2.75) is 57.3 Å². The molecule has 20 heavy (non-hydrogen) atoms. The van der Waals surface area contributed by atoms with Crippen LogP contribution in [0.1, 0.15) is 39.5 Å². The van der Waals surface area contributed by atoms with Gasteiger partial charge in [-0.1, -0.05) is 19.8 Å². The molecule has 0 radical (unpaired) electrons. The SMILES string of the molecule is CSCC(C)(O)CNCC(O)COC1CCCCC1C. The maximum Gasteiger partial charge on any atom is 0.0897 e. The third-order valence-corrected chi connectivity index (χ3v) is 4.79. The molecule has 3 N–H and O–H groups in total. The molecule has 0 aromatic heterocycles. The van der Waals surface area contributed by atoms with Gasteiger partial charge in [0.2, 0.25) is 0 Å². The molecule has 0 aliphatic heterocycles. The minimum atomic E-state index is -0.724. The molecule has 0 aromatic rings. The Kier molecular flexibility index (Phi) is 8.44. The fourth-order valence-electron chi connectivity index (χ4n) is 2.69. The molecule has 1 aliphatic carbocycles. The van der Waals surface area contributed by atoms with Crippen molar-refractivity contribution in [2.75, 3.05) is 31.7 Å². The highest BCUT2D eigenvalue weighted by molar-refractivity contribution is 7.98. The molecular formula is C15H31NO3S. The summed E-state index contributed by atoms with van der Waals surface area (Å²) in [6.45, 7) is 5.38. The van der Waals surface area contributed by atoms with Gasteiger partial charge in [0.05, 0.1) is 24.4 Å². The molecule has 1 saturated carbocycles. The van der Waals surface area contributed by atoms with Gasteiger partial charge in [-0.3, -0.25) is 0 Å². The first-order chi connectivity index (χ1) is 9.44. The predicted molar refractivity (Wildman–Crippen MR) is 85.3 cm³/mol. The number of thioether (sulfide) groups is 1. The highest BCUT2D eigenvalue weighted by atomic mass is 32.2. The van der Waals surface area contributed by atoms with Crippen molar-refractivity contribution in [3.8, 4) is 0 Å². The number of rotatable bonds is 9. The van der Waals surface area contributed by atoms with Gasteiger partial charge in [-0.15, -0.1) is 0 Å². The maximum absolute atomic E-state index is 10.00. The molecule has 0 amide bonds. The zero-order valence-corrected chi connectivity index (χ0v) is 13.9. The van der Waals surface area contributed by atoms with Crippen LogP contribution in [0.25, 0.3) is 0 Å². The number of ether oxygens (including phenoxy) is 1. The van der Waals surface area contributed by atoms with Crippen LogP contribution in [0.2, 0.25) is 0 Å². The van der Waals surface area contributed by atoms with Gasteiger partial charge in [0.15, 0.2) is 0 Å². The zero-order valence-electron chi connectivity index (χ0n) is 13.1. The summed E-state index contributed by atoms with van der Waals surface area (Å²) in [5.74, 6) is 1.29. The van der Waals surface area contributed by atoms with Crippen LogP contribution >= 0.6 is 11.8 Å². The Morgan fingerprint density at radius 1 is 1.40 bits per heavy atom. The van der Waals surface area contributed by atoms with Crippen LogP contribution in [0.5, 0.6) is 0 Å². The van der Waals surface area contributed by atoms with Crippen molar-refractivity contribution in [3.05, 3.63) is 0 Å². The topological polar surface area (TPSA) is 61.7 Å². The van der Waals surface area contributed by atoms with Gasteiger partial charge < -0.3 is 20.3 Å². The lowest BCUT2D eigenvalue weighted by Crippen LogP contribution is -2.43. The van der Waals surface area contributed by atoms with E-state index in [9.17, 15) is 10.2 Å². The van der Waals surface area contributed by atoms with Gasteiger partial charge >= 0.3 is 0 Å². The fraction of sp³-hybridized carbons (Fsp3) is 1.00. The Morgan fingerprint density at radius 2 is 2.10 bits per heavy atom. The Labute approximate surface area is 127 Å². The minimum absolute atomic E-state index is 0.304. The van der Waals surface area contributed by atoms with Crippen molar-refractivity contribution in [1.29, 1.82) is 0 Å². The number of hydrogen-bond donors (Lipinski definition) is 3. The quantitative estimate of drug-likeness (QED) is 0.604. The van der Waals surface area contributed by atoms with Crippen LogP contribution in [0.4, 0.5) is 0 Å². The molecule has 4 atom stereocenters. The van der Waals surface area contributed by atoms with Crippen molar-refractivity contribution in [1.82, 2.24) is 5.32 Å². The smallest absolute Gasteiger partial charge is 0.0897 e. The number of nitrogens with one attached hydrogen (secondary N) is 1. The molecule has 120 valence electrons. The molecule has 5 heteroatoms. The fourth-order valence-corrected chi connectivity index (χ4v) is 3.42. The summed E-state index contributed by atoms with van der Waals surface area (Å²) in [6.07, 6.45) is 6.66. The summed E-state index contributed by atoms with van der Waals surface area (Å²) in [5.41, 5.74) is -0.724. The lowest BCUT2D eigenvalue weighted by atomic mass is 9.88. The van der Waals surface area contributed by atoms with E-state index < -0.39 is 11.7 Å². The number of hydrogen-bond acceptors (Lipinski definition) is 5. The molecule has 0 spiro atoms. The molecular weight excluding hydrogens is 274 g/mol. The summed E-state index contributed by atoms with van der Waals surface area (Å²) >= 11 is 1.62. The third kappa shape index (κ3) is 7.27. The second-order valence-corrected chi connectivity index (χ2v) is 7.21. The van der Waals surface area contributed by atoms with Crippen LogP contribution in [0.15, 0.2) is 0 Å². The van der Waals surface area contributed by atoms with E-state index in [1.807, 2.05) is 13.2 Å². The van der Waals surface area contributed by atoms with Gasteiger partial charge in [0.25, 0.3) is 0 Å². The Balaban J connectivity index is 2.12. The van der Waals surface area contributed by atoms with Gasteiger partial charge in [0, 0.05) is 18.8 Å². The van der Waals surface area contributed by atoms with E-state index in [1.165, 1.54) is 19.3 Å². The largest absolute Gasteiger partial charge is 0.389 e. The average Bonchev–Trinajstić information content (AvgIpc) is 2.37. The van der Waals surface area contributed by atoms with Crippen molar-refractivity contribution >= 4 is 11.8 Å². The second kappa shape index (κ2) is 9.26. The van der Waals surface area contributed by atoms with E-state index in [-0.39, 0.29) is 0 Å². The zero-order chi connectivity index (χ0) is 15.0. The summed E-state index contributed by atoms with van der Waals surface area (Å²) in [6, 6.07) is 0. The third-order valence-electron chi connectivity index (χ3n) is 3.88. The van der Waals surface area contributed by atoms with E-state index in [2.05, 4.69) is 12.2 Å². The van der Waals surface area contributed by atoms with E-state index in [0.29, 0.717) is 37.5 Å². The van der Waals surface area contributed by atoms with E-state index in [4.69, 9.17) is 4.74 Å². The van der Waals surface area contributed by atoms with Crippen molar-refractivity contribution in [3.63, 3.8) is 0 Å². The predicted octanol–water partition coefficient (Wildman–Crippen LogP) is 1.65. The Hall–Kier alpha value is 0.190. The Bertz CT molecular complexity index is 264. The van der Waals surface area contributed by atoms with E-state index in [1.54, 1.807) is 11.8 Å². The molecule has 1 fully saturated rings. The highest BCUT2D eigenvalue weighted by Crippen LogP contribution is 2.26. The van der Waals surface area contributed by atoms with Crippen LogP contribution in [-0.2, 0) is 4.74 Å².